The maximum Gasteiger partial charge on any atom is 0.396 e. The Balaban J connectivity index is 4.69. The molecule has 0 bridgehead atoms. The van der Waals surface area contributed by atoms with Crippen LogP contribution >= 0.6 is 0 Å². The highest BCUT2D eigenvalue weighted by Crippen LogP contribution is 2.37. The Hall–Kier alpha value is -0.380. The van der Waals surface area contributed by atoms with Gasteiger partial charge >= 0.3 is 6.18 Å². The van der Waals surface area contributed by atoms with Crippen molar-refractivity contribution in [1.29, 1.82) is 0 Å². The molecule has 0 aliphatic rings. The van der Waals surface area contributed by atoms with Gasteiger partial charge in [0, 0.05) is 6.61 Å². The topological polar surface area (TPSA) is 72.8 Å². The fraction of sp³-hybridized carbons (Fsp3) is 1.00. The molecule has 0 aromatic heterocycles. The first kappa shape index (κ1) is 22.6. The van der Waals surface area contributed by atoms with Crippen LogP contribution < -0.4 is 0 Å². The van der Waals surface area contributed by atoms with Crippen LogP contribution in [0.25, 0.3) is 0 Å². The van der Waals surface area contributed by atoms with Crippen molar-refractivity contribution in [2.24, 2.45) is 11.3 Å². The zero-order valence-electron chi connectivity index (χ0n) is 14.2. The Kier molecular flexibility index (Phi) is 8.00. The van der Waals surface area contributed by atoms with Crippen LogP contribution in [0.3, 0.4) is 0 Å². The number of halogens is 3. The predicted octanol–water partition coefficient (Wildman–Crippen LogP) is 3.30. The minimum atomic E-state index is -4.55. The molecule has 1 unspecified atom stereocenters. The molecule has 23 heavy (non-hydrogen) atoms. The summed E-state index contributed by atoms with van der Waals surface area (Å²) in [5.74, 6) is -2.66. The lowest BCUT2D eigenvalue weighted by Crippen LogP contribution is -2.47. The molecule has 5 nitrogen and oxygen atoms in total. The summed E-state index contributed by atoms with van der Waals surface area (Å²) in [5.41, 5.74) is -1.72. The third-order valence-electron chi connectivity index (χ3n) is 3.33. The van der Waals surface area contributed by atoms with Crippen molar-refractivity contribution in [1.82, 2.24) is 0 Å². The van der Waals surface area contributed by atoms with Gasteiger partial charge in [-0.2, -0.15) is 21.6 Å². The third kappa shape index (κ3) is 10.9. The van der Waals surface area contributed by atoms with Crippen LogP contribution in [0, 0.1) is 11.3 Å². The molecular formula is C14H27F3O5S. The molecular weight excluding hydrogens is 337 g/mol. The highest BCUT2D eigenvalue weighted by atomic mass is 32.2. The molecule has 1 N–H and O–H groups in total. The lowest BCUT2D eigenvalue weighted by Gasteiger charge is -2.35. The van der Waals surface area contributed by atoms with Gasteiger partial charge in [0.2, 0.25) is 0 Å². The van der Waals surface area contributed by atoms with Gasteiger partial charge in [0.1, 0.15) is 5.92 Å². The van der Waals surface area contributed by atoms with Crippen molar-refractivity contribution >= 4 is 10.1 Å². The molecule has 0 aromatic rings. The number of hydrogen-bond donors (Lipinski definition) is 1. The van der Waals surface area contributed by atoms with Crippen LogP contribution in [-0.4, -0.2) is 50.3 Å². The summed E-state index contributed by atoms with van der Waals surface area (Å²) in [6, 6.07) is 0. The van der Waals surface area contributed by atoms with Gasteiger partial charge in [-0.1, -0.05) is 20.8 Å². The van der Waals surface area contributed by atoms with Crippen LogP contribution in [0.2, 0.25) is 0 Å². The maximum absolute atomic E-state index is 13.2. The lowest BCUT2D eigenvalue weighted by molar-refractivity contribution is -0.242. The van der Waals surface area contributed by atoms with Crippen LogP contribution in [0.4, 0.5) is 13.2 Å². The summed E-state index contributed by atoms with van der Waals surface area (Å²) >= 11 is 0. The van der Waals surface area contributed by atoms with Crippen molar-refractivity contribution in [3.8, 4) is 0 Å². The Morgan fingerprint density at radius 3 is 1.96 bits per heavy atom. The van der Waals surface area contributed by atoms with Gasteiger partial charge < -0.3 is 9.47 Å². The van der Waals surface area contributed by atoms with E-state index in [2.05, 4.69) is 0 Å². The first-order valence-electron chi connectivity index (χ1n) is 7.28. The molecule has 0 aromatic carbocycles. The monoisotopic (exact) mass is 364 g/mol. The molecule has 0 spiro atoms. The Morgan fingerprint density at radius 2 is 1.57 bits per heavy atom. The first-order valence-corrected chi connectivity index (χ1v) is 8.89. The van der Waals surface area contributed by atoms with E-state index in [0.717, 1.165) is 0 Å². The summed E-state index contributed by atoms with van der Waals surface area (Å²) in [6.45, 7) is 7.42. The molecule has 0 saturated heterocycles. The number of hydrogen-bond acceptors (Lipinski definition) is 4. The standard InChI is InChI=1S/C14H27F3O5S/c1-12(2,3)6-7-21-10-11(14(15,16)17)13(4,5)22-8-9-23(18,19)20/h11H,6-10H2,1-5H3,(H,18,19,20). The van der Waals surface area contributed by atoms with Crippen molar-refractivity contribution in [3.63, 3.8) is 0 Å². The van der Waals surface area contributed by atoms with E-state index in [-0.39, 0.29) is 12.0 Å². The molecule has 0 fully saturated rings. The molecule has 1 atom stereocenters. The third-order valence-corrected chi connectivity index (χ3v) is 4.01. The lowest BCUT2D eigenvalue weighted by atomic mass is 9.90. The van der Waals surface area contributed by atoms with Crippen LogP contribution in [0.1, 0.15) is 41.0 Å². The van der Waals surface area contributed by atoms with Gasteiger partial charge in [0.05, 0.1) is 24.6 Å². The number of rotatable bonds is 9. The fourth-order valence-electron chi connectivity index (χ4n) is 1.78. The summed E-state index contributed by atoms with van der Waals surface area (Å²) in [6.07, 6.45) is -3.94. The smallest absolute Gasteiger partial charge is 0.381 e. The highest BCUT2D eigenvalue weighted by Gasteiger charge is 2.50. The molecule has 0 heterocycles. The average Bonchev–Trinajstić information content (AvgIpc) is 2.22. The van der Waals surface area contributed by atoms with E-state index < -0.39 is 46.8 Å². The normalized spacial score (nSPS) is 15.7. The van der Waals surface area contributed by atoms with E-state index in [1.165, 1.54) is 13.8 Å². The summed E-state index contributed by atoms with van der Waals surface area (Å²) in [5, 5.41) is 0. The quantitative estimate of drug-likeness (QED) is 0.502. The van der Waals surface area contributed by atoms with Gasteiger partial charge in [-0.25, -0.2) is 0 Å². The SMILES string of the molecule is CC(C)(C)CCOCC(C(F)(F)F)C(C)(C)OCCS(=O)(=O)O. The summed E-state index contributed by atoms with van der Waals surface area (Å²) in [7, 11) is -4.28. The van der Waals surface area contributed by atoms with E-state index in [0.29, 0.717) is 6.42 Å². The summed E-state index contributed by atoms with van der Waals surface area (Å²) < 4.78 is 79.7. The van der Waals surface area contributed by atoms with Crippen molar-refractivity contribution in [3.05, 3.63) is 0 Å². The zero-order chi connectivity index (χ0) is 18.5. The fourth-order valence-corrected chi connectivity index (χ4v) is 2.07. The van der Waals surface area contributed by atoms with E-state index in [4.69, 9.17) is 14.0 Å². The minimum Gasteiger partial charge on any atom is -0.381 e. The molecule has 0 saturated carbocycles. The Bertz CT molecular complexity index is 452. The van der Waals surface area contributed by atoms with E-state index in [1.807, 2.05) is 20.8 Å². The molecule has 0 aliphatic carbocycles. The predicted molar refractivity (Wildman–Crippen MR) is 80.9 cm³/mol. The second-order valence-electron chi connectivity index (χ2n) is 7.22. The zero-order valence-corrected chi connectivity index (χ0v) is 15.1. The first-order chi connectivity index (χ1) is 10.0. The number of ether oxygens (including phenoxy) is 2. The Morgan fingerprint density at radius 1 is 1.04 bits per heavy atom. The maximum atomic E-state index is 13.2. The molecule has 9 heteroatoms. The molecule has 140 valence electrons. The molecule has 0 aliphatic heterocycles. The van der Waals surface area contributed by atoms with Crippen molar-refractivity contribution in [2.45, 2.75) is 52.8 Å². The van der Waals surface area contributed by atoms with Crippen LogP contribution in [0.15, 0.2) is 0 Å². The Labute approximate surface area is 136 Å². The van der Waals surface area contributed by atoms with E-state index in [9.17, 15) is 21.6 Å². The van der Waals surface area contributed by atoms with Gasteiger partial charge in [-0.3, -0.25) is 4.55 Å². The second kappa shape index (κ2) is 8.13. The van der Waals surface area contributed by atoms with Crippen LogP contribution in [0.5, 0.6) is 0 Å². The van der Waals surface area contributed by atoms with Gasteiger partial charge in [-0.05, 0) is 25.7 Å². The van der Waals surface area contributed by atoms with Crippen molar-refractivity contribution < 1.29 is 35.6 Å². The van der Waals surface area contributed by atoms with Crippen LogP contribution in [-0.2, 0) is 19.6 Å². The molecule has 0 amide bonds. The highest BCUT2D eigenvalue weighted by molar-refractivity contribution is 7.85. The van der Waals surface area contributed by atoms with Gasteiger partial charge in [0.25, 0.3) is 10.1 Å². The van der Waals surface area contributed by atoms with Gasteiger partial charge in [-0.15, -0.1) is 0 Å². The number of alkyl halides is 3. The largest absolute Gasteiger partial charge is 0.396 e. The van der Waals surface area contributed by atoms with Gasteiger partial charge in [0.15, 0.2) is 0 Å². The molecule has 0 rings (SSSR count). The molecule has 0 radical (unpaired) electrons. The van der Waals surface area contributed by atoms with Crippen molar-refractivity contribution in [2.75, 3.05) is 25.6 Å². The minimum absolute atomic E-state index is 0.0464. The van der Waals surface area contributed by atoms with E-state index in [1.54, 1.807) is 0 Å². The van der Waals surface area contributed by atoms with E-state index >= 15 is 0 Å². The average molecular weight is 364 g/mol. The summed E-state index contributed by atoms with van der Waals surface area (Å²) in [4.78, 5) is 0. The second-order valence-corrected chi connectivity index (χ2v) is 8.79.